The first-order chi connectivity index (χ1) is 30.2. The summed E-state index contributed by atoms with van der Waals surface area (Å²) in [6.07, 6.45) is -0.476. The summed E-state index contributed by atoms with van der Waals surface area (Å²) >= 11 is 0. The van der Waals surface area contributed by atoms with Crippen molar-refractivity contribution in [1.82, 2.24) is 0 Å². The van der Waals surface area contributed by atoms with E-state index >= 15 is 0 Å². The molecule has 0 aliphatic heterocycles. The van der Waals surface area contributed by atoms with Crippen molar-refractivity contribution in [3.05, 3.63) is 142 Å². The van der Waals surface area contributed by atoms with Crippen LogP contribution >= 0.6 is 0 Å². The lowest BCUT2D eigenvalue weighted by Crippen LogP contribution is -2.25. The second-order valence-corrected chi connectivity index (χ2v) is 13.9. The van der Waals surface area contributed by atoms with E-state index < -0.39 is 46.7 Å². The first kappa shape index (κ1) is 45.6. The summed E-state index contributed by atoms with van der Waals surface area (Å²) in [4.78, 5) is 77.3. The molecule has 5 aromatic carbocycles. The van der Waals surface area contributed by atoms with Crippen molar-refractivity contribution in [2.24, 2.45) is 5.92 Å². The van der Waals surface area contributed by atoms with Crippen LogP contribution in [0.25, 0.3) is 5.57 Å². The van der Waals surface area contributed by atoms with Gasteiger partial charge in [-0.3, -0.25) is 24.0 Å². The standard InChI is InChI=1S/C47H42N4O12/c1-26(28-8-6-5-7-9-28)41(61-2)38(53)24-27-10-12-29(13-11-27)37(52)25-31(22-23-48)45(57)49-32-16-14-30(15-17-32)44(56)50-35-20-18-33(39(54)42(35)62-3)46(58)51-36-21-19-34(47(59)60)40(55)43(36)63-4/h5-21,31,54-55H,22,24-25H2,1-4H3,(H,49,57)(H,50,56)(H,51,58)(H,59,60)/b41-26-/t31-/m1/s1. The maximum absolute atomic E-state index is 13.3. The molecule has 0 aliphatic rings. The molecule has 6 N–H and O–H groups in total. The van der Waals surface area contributed by atoms with Crippen molar-refractivity contribution in [1.29, 1.82) is 5.26 Å². The summed E-state index contributed by atoms with van der Waals surface area (Å²) < 4.78 is 15.8. The van der Waals surface area contributed by atoms with Crippen molar-refractivity contribution < 1.29 is 58.3 Å². The summed E-state index contributed by atoms with van der Waals surface area (Å²) in [6.45, 7) is 1.81. The summed E-state index contributed by atoms with van der Waals surface area (Å²) in [5, 5.41) is 47.6. The number of Topliss-reactive ketones (excluding diaryl/α,β-unsaturated/α-hetero) is 2. The number of nitrogens with one attached hydrogen (secondary N) is 3. The minimum absolute atomic E-state index is 0.00610. The number of carboxylic acids is 1. The molecule has 0 heterocycles. The van der Waals surface area contributed by atoms with Crippen LogP contribution in [0.15, 0.2) is 109 Å². The molecule has 0 saturated carbocycles. The maximum Gasteiger partial charge on any atom is 0.339 e. The number of benzene rings is 5. The molecule has 0 bridgehead atoms. The highest BCUT2D eigenvalue weighted by Crippen LogP contribution is 2.40. The zero-order chi connectivity index (χ0) is 45.8. The van der Waals surface area contributed by atoms with Crippen LogP contribution in [0.1, 0.15) is 72.3 Å². The third-order valence-corrected chi connectivity index (χ3v) is 9.84. The van der Waals surface area contributed by atoms with E-state index in [4.69, 9.17) is 14.2 Å². The van der Waals surface area contributed by atoms with Crippen LogP contribution < -0.4 is 25.4 Å². The summed E-state index contributed by atoms with van der Waals surface area (Å²) in [5.41, 5.74) is 2.06. The lowest BCUT2D eigenvalue weighted by molar-refractivity contribution is -0.120. The maximum atomic E-state index is 13.3. The molecule has 5 rings (SSSR count). The first-order valence-corrected chi connectivity index (χ1v) is 19.1. The molecule has 1 atom stereocenters. The molecule has 0 radical (unpaired) electrons. The number of carbonyl (C=O) groups is 6. The average molecular weight is 855 g/mol. The van der Waals surface area contributed by atoms with Crippen LogP contribution in [0.4, 0.5) is 17.1 Å². The highest BCUT2D eigenvalue weighted by Gasteiger charge is 2.26. The quantitative estimate of drug-likeness (QED) is 0.0289. The number of aromatic carboxylic acids is 1. The van der Waals surface area contributed by atoms with E-state index in [0.29, 0.717) is 16.7 Å². The van der Waals surface area contributed by atoms with Gasteiger partial charge in [-0.05, 0) is 66.6 Å². The molecular weight excluding hydrogens is 813 g/mol. The molecule has 3 amide bonds. The zero-order valence-electron chi connectivity index (χ0n) is 34.5. The molecule has 0 fully saturated rings. The van der Waals surface area contributed by atoms with Gasteiger partial charge < -0.3 is 45.5 Å². The number of hydrogen-bond donors (Lipinski definition) is 6. The molecule has 5 aromatic rings. The minimum Gasteiger partial charge on any atom is -0.504 e. The molecule has 0 spiro atoms. The summed E-state index contributed by atoms with van der Waals surface area (Å²) in [6, 6.07) is 28.2. The van der Waals surface area contributed by atoms with Gasteiger partial charge in [-0.2, -0.15) is 5.26 Å². The Labute approximate surface area is 361 Å². The Morgan fingerprint density at radius 3 is 1.78 bits per heavy atom. The Bertz CT molecular complexity index is 2630. The SMILES string of the molecule is CO/C(C(=O)Cc1ccc(C(=O)C[C@@H](CC#N)C(=O)Nc2ccc(C(=O)Nc3ccc(C(=O)Nc4ccc(C(=O)O)c(O)c4OC)c(O)c3OC)cc2)cc1)=C(/C)c1ccccc1. The van der Waals surface area contributed by atoms with E-state index in [1.807, 2.05) is 43.3 Å². The molecule has 16 nitrogen and oxygen atoms in total. The summed E-state index contributed by atoms with van der Waals surface area (Å²) in [5.74, 6) is -6.87. The van der Waals surface area contributed by atoms with Crippen LogP contribution in [0.3, 0.4) is 0 Å². The molecule has 322 valence electrons. The van der Waals surface area contributed by atoms with Crippen LogP contribution in [0, 0.1) is 17.2 Å². The van der Waals surface area contributed by atoms with Gasteiger partial charge in [0, 0.05) is 41.6 Å². The van der Waals surface area contributed by atoms with E-state index in [2.05, 4.69) is 16.0 Å². The highest BCUT2D eigenvalue weighted by molar-refractivity contribution is 6.10. The molecule has 63 heavy (non-hydrogen) atoms. The molecule has 0 unspecified atom stereocenters. The number of hydrogen-bond acceptors (Lipinski definition) is 12. The second kappa shape index (κ2) is 20.7. The number of aromatic hydroxyl groups is 2. The molecule has 16 heteroatoms. The smallest absolute Gasteiger partial charge is 0.339 e. The molecular formula is C47H42N4O12. The van der Waals surface area contributed by atoms with Crippen molar-refractivity contribution in [3.63, 3.8) is 0 Å². The van der Waals surface area contributed by atoms with Crippen molar-refractivity contribution >= 4 is 57.9 Å². The predicted octanol–water partition coefficient (Wildman–Crippen LogP) is 7.25. The molecule has 0 aromatic heterocycles. The van der Waals surface area contributed by atoms with Gasteiger partial charge in [0.2, 0.25) is 11.7 Å². The highest BCUT2D eigenvalue weighted by atomic mass is 16.5. The van der Waals surface area contributed by atoms with E-state index in [1.54, 1.807) is 24.3 Å². The Morgan fingerprint density at radius 1 is 0.667 bits per heavy atom. The number of amides is 3. The fraction of sp³-hybridized carbons (Fsp3) is 0.170. The van der Waals surface area contributed by atoms with Gasteiger partial charge in [-0.25, -0.2) is 4.79 Å². The number of allylic oxidation sites excluding steroid dienone is 2. The Balaban J connectivity index is 1.19. The van der Waals surface area contributed by atoms with Crippen molar-refractivity contribution in [2.45, 2.75) is 26.2 Å². The lowest BCUT2D eigenvalue weighted by atomic mass is 9.94. The van der Waals surface area contributed by atoms with Crippen LogP contribution in [-0.2, 0) is 20.7 Å². The van der Waals surface area contributed by atoms with Crippen LogP contribution in [0.5, 0.6) is 23.0 Å². The van der Waals surface area contributed by atoms with Crippen LogP contribution in [-0.4, -0.2) is 71.9 Å². The van der Waals surface area contributed by atoms with E-state index in [-0.39, 0.29) is 76.3 Å². The van der Waals surface area contributed by atoms with Gasteiger partial charge in [0.05, 0.1) is 50.3 Å². The van der Waals surface area contributed by atoms with Crippen molar-refractivity contribution in [3.8, 4) is 29.1 Å². The Morgan fingerprint density at radius 2 is 1.22 bits per heavy atom. The number of ether oxygens (including phenoxy) is 3. The lowest BCUT2D eigenvalue weighted by Gasteiger charge is -2.16. The fourth-order valence-corrected chi connectivity index (χ4v) is 6.52. The van der Waals surface area contributed by atoms with E-state index in [0.717, 1.165) is 18.7 Å². The number of nitriles is 1. The third kappa shape index (κ3) is 10.8. The number of phenolic OH excluding ortho intramolecular Hbond substituents is 1. The average Bonchev–Trinajstić information content (AvgIpc) is 3.27. The minimum atomic E-state index is -1.42. The van der Waals surface area contributed by atoms with Gasteiger partial charge in [0.15, 0.2) is 34.5 Å². The number of carbonyl (C=O) groups excluding carboxylic acids is 5. The van der Waals surface area contributed by atoms with Gasteiger partial charge >= 0.3 is 5.97 Å². The number of methoxy groups -OCH3 is 3. The van der Waals surface area contributed by atoms with Crippen LogP contribution in [0.2, 0.25) is 0 Å². The summed E-state index contributed by atoms with van der Waals surface area (Å²) in [7, 11) is 3.81. The van der Waals surface area contributed by atoms with Gasteiger partial charge in [-0.1, -0.05) is 54.6 Å². The topological polar surface area (TPSA) is 251 Å². The fourth-order valence-electron chi connectivity index (χ4n) is 6.52. The Hall–Kier alpha value is -8.45. The number of anilines is 3. The molecule has 0 aliphatic carbocycles. The van der Waals surface area contributed by atoms with Gasteiger partial charge in [-0.15, -0.1) is 0 Å². The monoisotopic (exact) mass is 854 g/mol. The number of rotatable bonds is 18. The number of nitrogens with zero attached hydrogens (tertiary/aromatic N) is 1. The van der Waals surface area contributed by atoms with Gasteiger partial charge in [0.25, 0.3) is 11.8 Å². The normalized spacial score (nSPS) is 11.5. The second-order valence-electron chi connectivity index (χ2n) is 13.9. The number of ketones is 2. The van der Waals surface area contributed by atoms with E-state index in [9.17, 15) is 49.3 Å². The predicted molar refractivity (Wildman–Crippen MR) is 231 cm³/mol. The number of carboxylic acid groups (broad SMARTS) is 1. The van der Waals surface area contributed by atoms with Gasteiger partial charge in [0.1, 0.15) is 5.56 Å². The van der Waals surface area contributed by atoms with Crippen molar-refractivity contribution in [2.75, 3.05) is 37.3 Å². The molecule has 0 saturated heterocycles. The first-order valence-electron chi connectivity index (χ1n) is 19.1. The number of phenols is 2. The third-order valence-electron chi connectivity index (χ3n) is 9.84. The Kier molecular flexibility index (Phi) is 15.0. The largest absolute Gasteiger partial charge is 0.504 e. The zero-order valence-corrected chi connectivity index (χ0v) is 34.5. The van der Waals surface area contributed by atoms with E-state index in [1.165, 1.54) is 56.7 Å².